The Kier molecular flexibility index (Phi) is 11.8. The normalized spacial score (nSPS) is 14.2. The second-order valence-corrected chi connectivity index (χ2v) is 6.76. The fourth-order valence-corrected chi connectivity index (χ4v) is 2.84. The number of hydrogen-bond acceptors (Lipinski definition) is 6. The van der Waals surface area contributed by atoms with Crippen LogP contribution in [0.15, 0.2) is 47.3 Å². The van der Waals surface area contributed by atoms with Gasteiger partial charge in [-0.1, -0.05) is 52.0 Å². The van der Waals surface area contributed by atoms with Crippen LogP contribution >= 0.6 is 0 Å². The number of nitrogens with zero attached hydrogens (tertiary/aromatic N) is 6. The highest BCUT2D eigenvalue weighted by Gasteiger charge is 2.12. The minimum absolute atomic E-state index is 0.109. The van der Waals surface area contributed by atoms with Crippen LogP contribution in [0.3, 0.4) is 0 Å². The molecule has 0 bridgehead atoms. The maximum atomic E-state index is 10.5. The van der Waals surface area contributed by atoms with Crippen LogP contribution in [0, 0.1) is 0 Å². The summed E-state index contributed by atoms with van der Waals surface area (Å²) in [5.74, 6) is 0.959. The van der Waals surface area contributed by atoms with E-state index in [1.165, 1.54) is 6.42 Å². The van der Waals surface area contributed by atoms with Crippen molar-refractivity contribution >= 4 is 11.5 Å². The Morgan fingerprint density at radius 3 is 2.39 bits per heavy atom. The lowest BCUT2D eigenvalue weighted by atomic mass is 10.0. The molecule has 2 heterocycles. The largest absolute Gasteiger partial charge is 0.507 e. The molecule has 0 unspecified atom stereocenters. The molecule has 31 heavy (non-hydrogen) atoms. The number of aromatic nitrogens is 3. The third kappa shape index (κ3) is 7.64. The molecule has 170 valence electrons. The van der Waals surface area contributed by atoms with Gasteiger partial charge in [0, 0.05) is 44.4 Å². The fraction of sp³-hybridized carbons (Fsp3) is 0.478. The lowest BCUT2D eigenvalue weighted by molar-refractivity contribution is 0.355. The number of phenolic OH excluding ortho intramolecular Hbond substituents is 1. The monoisotopic (exact) mass is 427 g/mol. The minimum Gasteiger partial charge on any atom is -0.507 e. The molecule has 0 aliphatic carbocycles. The molecule has 1 aliphatic heterocycles. The van der Waals surface area contributed by atoms with E-state index in [9.17, 15) is 5.11 Å². The van der Waals surface area contributed by atoms with E-state index in [4.69, 9.17) is 0 Å². The highest BCUT2D eigenvalue weighted by Crippen LogP contribution is 2.26. The number of amidine groups is 1. The predicted molar refractivity (Wildman–Crippen MR) is 130 cm³/mol. The van der Waals surface area contributed by atoms with E-state index in [-0.39, 0.29) is 5.75 Å². The number of piperazine rings is 1. The molecular formula is C23H37N7O. The van der Waals surface area contributed by atoms with E-state index in [1.54, 1.807) is 36.1 Å². The zero-order valence-electron chi connectivity index (χ0n) is 19.8. The van der Waals surface area contributed by atoms with Gasteiger partial charge in [0.15, 0.2) is 0 Å². The van der Waals surface area contributed by atoms with E-state index in [2.05, 4.69) is 51.2 Å². The summed E-state index contributed by atoms with van der Waals surface area (Å²) in [6, 6.07) is 5.35. The maximum Gasteiger partial charge on any atom is 0.125 e. The molecule has 2 N–H and O–H groups in total. The van der Waals surface area contributed by atoms with Crippen molar-refractivity contribution in [1.29, 1.82) is 0 Å². The van der Waals surface area contributed by atoms with Gasteiger partial charge in [0.2, 0.25) is 0 Å². The van der Waals surface area contributed by atoms with Gasteiger partial charge in [-0.3, -0.25) is 0 Å². The fourth-order valence-electron chi connectivity index (χ4n) is 2.84. The smallest absolute Gasteiger partial charge is 0.125 e. The van der Waals surface area contributed by atoms with Gasteiger partial charge < -0.3 is 15.3 Å². The lowest BCUT2D eigenvalue weighted by Gasteiger charge is -2.28. The van der Waals surface area contributed by atoms with Crippen molar-refractivity contribution in [2.24, 2.45) is 17.3 Å². The summed E-state index contributed by atoms with van der Waals surface area (Å²) in [6.45, 7) is 17.7. The van der Waals surface area contributed by atoms with E-state index in [0.717, 1.165) is 43.3 Å². The quantitative estimate of drug-likeness (QED) is 0.439. The molecule has 0 atom stereocenters. The van der Waals surface area contributed by atoms with Crippen LogP contribution in [0.2, 0.25) is 0 Å². The molecule has 3 rings (SSSR count). The van der Waals surface area contributed by atoms with Gasteiger partial charge in [0.1, 0.15) is 11.6 Å². The van der Waals surface area contributed by atoms with Crippen molar-refractivity contribution in [2.75, 3.05) is 26.2 Å². The van der Waals surface area contributed by atoms with Crippen molar-refractivity contribution in [2.45, 2.75) is 41.0 Å². The van der Waals surface area contributed by atoms with Gasteiger partial charge >= 0.3 is 0 Å². The van der Waals surface area contributed by atoms with Gasteiger partial charge in [-0.25, -0.2) is 4.68 Å². The summed E-state index contributed by atoms with van der Waals surface area (Å²) >= 11 is 0. The summed E-state index contributed by atoms with van der Waals surface area (Å²) in [7, 11) is 1.80. The SMILES string of the molecule is C=C/C(=N\N=C(/C)N1CCNCC1)c1ccc(-c2cnnn2C)cc1O.CC.CCC. The number of hydrogen-bond donors (Lipinski definition) is 2. The first-order valence-corrected chi connectivity index (χ1v) is 10.9. The van der Waals surface area contributed by atoms with Gasteiger partial charge in [-0.2, -0.15) is 0 Å². The van der Waals surface area contributed by atoms with Crippen LogP contribution in [0.1, 0.15) is 46.6 Å². The average Bonchev–Trinajstić information content (AvgIpc) is 3.23. The topological polar surface area (TPSA) is 90.9 Å². The van der Waals surface area contributed by atoms with Crippen molar-refractivity contribution in [3.05, 3.63) is 42.6 Å². The van der Waals surface area contributed by atoms with E-state index >= 15 is 0 Å². The summed E-state index contributed by atoms with van der Waals surface area (Å²) in [5, 5.41) is 30.1. The second kappa shape index (κ2) is 14.1. The van der Waals surface area contributed by atoms with Gasteiger partial charge in [0.05, 0.1) is 17.6 Å². The molecule has 8 nitrogen and oxygen atoms in total. The Morgan fingerprint density at radius 2 is 1.87 bits per heavy atom. The van der Waals surface area contributed by atoms with Crippen molar-refractivity contribution in [1.82, 2.24) is 25.2 Å². The number of rotatable bonds is 4. The molecule has 0 radical (unpaired) electrons. The third-order valence-electron chi connectivity index (χ3n) is 4.35. The van der Waals surface area contributed by atoms with Crippen molar-refractivity contribution in [3.63, 3.8) is 0 Å². The highest BCUT2D eigenvalue weighted by molar-refractivity contribution is 6.10. The molecule has 1 aromatic carbocycles. The standard InChI is InChI=1S/C18H23N7O.C3H8.C2H6/c1-4-16(22-21-13(2)25-9-7-19-8-10-25)15-6-5-14(11-18(15)26)17-12-20-23-24(17)3;1-3-2;1-2/h4-6,11-12,19,26H,1,7-10H2,2-3H3;3H2,1-2H3;1-2H3/b21-13+,22-16+;;. The molecule has 1 saturated heterocycles. The van der Waals surface area contributed by atoms with Gasteiger partial charge in [-0.15, -0.1) is 15.3 Å². The second-order valence-electron chi connectivity index (χ2n) is 6.76. The summed E-state index contributed by atoms with van der Waals surface area (Å²) in [4.78, 5) is 2.18. The Labute approximate surface area is 186 Å². The molecule has 1 aliphatic rings. The van der Waals surface area contributed by atoms with E-state index < -0.39 is 0 Å². The third-order valence-corrected chi connectivity index (χ3v) is 4.35. The summed E-state index contributed by atoms with van der Waals surface area (Å²) < 4.78 is 1.65. The molecular weight excluding hydrogens is 390 g/mol. The molecule has 1 fully saturated rings. The number of allylic oxidation sites excluding steroid dienone is 1. The number of aryl methyl sites for hydroxylation is 1. The Morgan fingerprint density at radius 1 is 1.23 bits per heavy atom. The summed E-state index contributed by atoms with van der Waals surface area (Å²) in [5.41, 5.74) is 2.74. The van der Waals surface area contributed by atoms with E-state index in [1.807, 2.05) is 26.8 Å². The first kappa shape index (κ1) is 26.0. The molecule has 0 spiro atoms. The predicted octanol–water partition coefficient (Wildman–Crippen LogP) is 3.84. The zero-order chi connectivity index (χ0) is 23.2. The lowest BCUT2D eigenvalue weighted by Crippen LogP contribution is -2.45. The highest BCUT2D eigenvalue weighted by atomic mass is 16.3. The van der Waals surface area contributed by atoms with Crippen LogP contribution in [0.4, 0.5) is 0 Å². The molecule has 2 aromatic rings. The molecule has 0 amide bonds. The number of phenols is 1. The number of nitrogens with one attached hydrogen (secondary N) is 1. The van der Waals surface area contributed by atoms with Crippen LogP contribution in [0.5, 0.6) is 5.75 Å². The molecule has 8 heteroatoms. The van der Waals surface area contributed by atoms with Crippen LogP contribution < -0.4 is 5.32 Å². The van der Waals surface area contributed by atoms with Crippen molar-refractivity contribution in [3.8, 4) is 17.0 Å². The molecule has 0 saturated carbocycles. The Bertz CT molecular complexity index is 865. The maximum absolute atomic E-state index is 10.5. The molecule has 1 aromatic heterocycles. The number of aromatic hydroxyl groups is 1. The van der Waals surface area contributed by atoms with Crippen LogP contribution in [-0.2, 0) is 7.05 Å². The summed E-state index contributed by atoms with van der Waals surface area (Å²) in [6.07, 6.45) is 4.49. The van der Waals surface area contributed by atoms with Crippen LogP contribution in [0.25, 0.3) is 11.3 Å². The average molecular weight is 428 g/mol. The van der Waals surface area contributed by atoms with Crippen molar-refractivity contribution < 1.29 is 5.11 Å². The van der Waals surface area contributed by atoms with E-state index in [0.29, 0.717) is 11.3 Å². The Hall–Kier alpha value is -3.00. The first-order valence-electron chi connectivity index (χ1n) is 10.9. The zero-order valence-corrected chi connectivity index (χ0v) is 19.8. The van der Waals surface area contributed by atoms with Gasteiger partial charge in [0.25, 0.3) is 0 Å². The Balaban J connectivity index is 0.000000884. The van der Waals surface area contributed by atoms with Gasteiger partial charge in [-0.05, 0) is 25.1 Å². The first-order chi connectivity index (χ1) is 15.0. The number of benzene rings is 1. The minimum atomic E-state index is 0.109. The van der Waals surface area contributed by atoms with Crippen LogP contribution in [-0.4, -0.2) is 62.7 Å².